The van der Waals surface area contributed by atoms with Crippen LogP contribution >= 0.6 is 11.6 Å². The number of ether oxygens (including phenoxy) is 1. The Bertz CT molecular complexity index is 1040. The molecule has 6 heteroatoms. The van der Waals surface area contributed by atoms with E-state index in [0.29, 0.717) is 28.8 Å². The molecule has 2 fully saturated rings. The zero-order valence-electron chi connectivity index (χ0n) is 17.9. The van der Waals surface area contributed by atoms with Crippen LogP contribution in [0.2, 0.25) is 5.02 Å². The molecular formula is C25H29ClN4O. The molecule has 0 aliphatic heterocycles. The van der Waals surface area contributed by atoms with E-state index in [9.17, 15) is 0 Å². The first-order valence-electron chi connectivity index (χ1n) is 11.3. The van der Waals surface area contributed by atoms with Crippen molar-refractivity contribution in [2.45, 2.75) is 50.5 Å². The highest BCUT2D eigenvalue weighted by Crippen LogP contribution is 2.38. The highest BCUT2D eigenvalue weighted by Gasteiger charge is 2.25. The van der Waals surface area contributed by atoms with Crippen LogP contribution in [0.25, 0.3) is 11.1 Å². The van der Waals surface area contributed by atoms with Crippen molar-refractivity contribution in [3.05, 3.63) is 59.5 Å². The quantitative estimate of drug-likeness (QED) is 0.470. The van der Waals surface area contributed by atoms with Gasteiger partial charge in [-0.3, -0.25) is 4.68 Å². The fourth-order valence-electron chi connectivity index (χ4n) is 4.61. The number of aromatic nitrogens is 3. The molecular weight excluding hydrogens is 408 g/mol. The van der Waals surface area contributed by atoms with Crippen LogP contribution in [-0.2, 0) is 0 Å². The Morgan fingerprint density at radius 2 is 1.90 bits per heavy atom. The van der Waals surface area contributed by atoms with E-state index in [-0.39, 0.29) is 0 Å². The monoisotopic (exact) mass is 436 g/mol. The maximum absolute atomic E-state index is 6.27. The predicted octanol–water partition coefficient (Wildman–Crippen LogP) is 6.33. The number of pyridine rings is 1. The molecule has 5 rings (SSSR count). The Morgan fingerprint density at radius 3 is 2.65 bits per heavy atom. The van der Waals surface area contributed by atoms with Crippen molar-refractivity contribution in [2.24, 2.45) is 5.92 Å². The topological polar surface area (TPSA) is 52.0 Å². The van der Waals surface area contributed by atoms with Crippen LogP contribution in [0.4, 0.5) is 5.69 Å². The summed E-state index contributed by atoms with van der Waals surface area (Å²) in [5.74, 6) is 1.74. The SMILES string of the molecule is COc1ncc([C@H]2CC[C@H](CNc3cccc(-c4cnn(C5CC5)c4)c3)CC2)cc1Cl. The molecule has 2 heterocycles. The van der Waals surface area contributed by atoms with Crippen molar-refractivity contribution in [1.82, 2.24) is 14.8 Å². The summed E-state index contributed by atoms with van der Waals surface area (Å²) in [6.45, 7) is 1.01. The summed E-state index contributed by atoms with van der Waals surface area (Å²) in [5, 5.41) is 8.80. The van der Waals surface area contributed by atoms with Crippen LogP contribution in [-0.4, -0.2) is 28.4 Å². The zero-order chi connectivity index (χ0) is 21.2. The molecule has 0 atom stereocenters. The fraction of sp³-hybridized carbons (Fsp3) is 0.440. The Labute approximate surface area is 188 Å². The molecule has 2 aliphatic rings. The van der Waals surface area contributed by atoms with Gasteiger partial charge in [0, 0.05) is 30.2 Å². The van der Waals surface area contributed by atoms with Gasteiger partial charge in [-0.15, -0.1) is 0 Å². The normalized spacial score (nSPS) is 21.1. The molecule has 162 valence electrons. The summed E-state index contributed by atoms with van der Waals surface area (Å²) >= 11 is 6.27. The number of hydrogen-bond acceptors (Lipinski definition) is 4. The molecule has 2 saturated carbocycles. The average molecular weight is 437 g/mol. The zero-order valence-corrected chi connectivity index (χ0v) is 18.7. The number of rotatable bonds is 7. The summed E-state index contributed by atoms with van der Waals surface area (Å²) in [6, 6.07) is 11.3. The van der Waals surface area contributed by atoms with Crippen molar-refractivity contribution in [2.75, 3.05) is 19.0 Å². The number of benzene rings is 1. The van der Waals surface area contributed by atoms with Gasteiger partial charge in [0.2, 0.25) is 5.88 Å². The molecule has 0 saturated heterocycles. The van der Waals surface area contributed by atoms with E-state index in [2.05, 4.69) is 50.5 Å². The van der Waals surface area contributed by atoms with Gasteiger partial charge in [0.15, 0.2) is 0 Å². The minimum absolute atomic E-state index is 0.505. The summed E-state index contributed by atoms with van der Waals surface area (Å²) in [7, 11) is 1.60. The molecule has 0 radical (unpaired) electrons. The number of nitrogens with one attached hydrogen (secondary N) is 1. The van der Waals surface area contributed by atoms with Gasteiger partial charge in [0.1, 0.15) is 5.02 Å². The number of hydrogen-bond donors (Lipinski definition) is 1. The predicted molar refractivity (Wildman–Crippen MR) is 125 cm³/mol. The van der Waals surface area contributed by atoms with E-state index >= 15 is 0 Å². The maximum Gasteiger partial charge on any atom is 0.232 e. The van der Waals surface area contributed by atoms with Crippen LogP contribution in [0.5, 0.6) is 5.88 Å². The molecule has 1 aromatic carbocycles. The van der Waals surface area contributed by atoms with E-state index in [0.717, 1.165) is 6.54 Å². The lowest BCUT2D eigenvalue weighted by Gasteiger charge is -2.29. The summed E-state index contributed by atoms with van der Waals surface area (Å²) in [5.41, 5.74) is 4.84. The first-order chi connectivity index (χ1) is 15.2. The van der Waals surface area contributed by atoms with Gasteiger partial charge in [0.25, 0.3) is 0 Å². The first kappa shape index (κ1) is 20.4. The second-order valence-corrected chi connectivity index (χ2v) is 9.29. The summed E-state index contributed by atoms with van der Waals surface area (Å²) in [4.78, 5) is 4.34. The lowest BCUT2D eigenvalue weighted by atomic mass is 9.79. The van der Waals surface area contributed by atoms with Gasteiger partial charge in [-0.05, 0) is 79.7 Å². The molecule has 0 amide bonds. The van der Waals surface area contributed by atoms with Crippen molar-refractivity contribution in [1.29, 1.82) is 0 Å². The number of nitrogens with zero attached hydrogens (tertiary/aromatic N) is 3. The van der Waals surface area contributed by atoms with Crippen LogP contribution in [0, 0.1) is 5.92 Å². The van der Waals surface area contributed by atoms with Crippen molar-refractivity contribution in [3.63, 3.8) is 0 Å². The molecule has 3 aromatic rings. The number of halogens is 1. The van der Waals surface area contributed by atoms with E-state index in [4.69, 9.17) is 16.3 Å². The second kappa shape index (κ2) is 8.91. The van der Waals surface area contributed by atoms with Gasteiger partial charge in [-0.1, -0.05) is 23.7 Å². The Morgan fingerprint density at radius 1 is 1.06 bits per heavy atom. The highest BCUT2D eigenvalue weighted by molar-refractivity contribution is 6.31. The molecule has 2 aromatic heterocycles. The minimum Gasteiger partial charge on any atom is -0.480 e. The Balaban J connectivity index is 1.15. The third-order valence-electron chi connectivity index (χ3n) is 6.65. The molecule has 31 heavy (non-hydrogen) atoms. The number of methoxy groups -OCH3 is 1. The number of anilines is 1. The smallest absolute Gasteiger partial charge is 0.232 e. The molecule has 2 aliphatic carbocycles. The largest absolute Gasteiger partial charge is 0.480 e. The Hall–Kier alpha value is -2.53. The van der Waals surface area contributed by atoms with Crippen molar-refractivity contribution < 1.29 is 4.74 Å². The van der Waals surface area contributed by atoms with E-state index < -0.39 is 0 Å². The highest BCUT2D eigenvalue weighted by atomic mass is 35.5. The minimum atomic E-state index is 0.505. The molecule has 1 N–H and O–H groups in total. The van der Waals surface area contributed by atoms with Crippen LogP contribution in [0.1, 0.15) is 56.0 Å². The second-order valence-electron chi connectivity index (χ2n) is 8.88. The van der Waals surface area contributed by atoms with E-state index in [1.54, 1.807) is 7.11 Å². The molecule has 0 unspecified atom stereocenters. The van der Waals surface area contributed by atoms with Crippen LogP contribution < -0.4 is 10.1 Å². The van der Waals surface area contributed by atoms with Crippen LogP contribution in [0.3, 0.4) is 0 Å². The average Bonchev–Trinajstić information content (AvgIpc) is 3.54. The lowest BCUT2D eigenvalue weighted by Crippen LogP contribution is -2.20. The van der Waals surface area contributed by atoms with E-state index in [1.807, 2.05) is 18.5 Å². The van der Waals surface area contributed by atoms with Crippen molar-refractivity contribution >= 4 is 17.3 Å². The Kier molecular flexibility index (Phi) is 5.86. The summed E-state index contributed by atoms with van der Waals surface area (Å²) < 4.78 is 7.28. The van der Waals surface area contributed by atoms with Gasteiger partial charge in [-0.2, -0.15) is 5.10 Å². The van der Waals surface area contributed by atoms with Gasteiger partial charge >= 0.3 is 0 Å². The van der Waals surface area contributed by atoms with Gasteiger partial charge < -0.3 is 10.1 Å². The van der Waals surface area contributed by atoms with Gasteiger partial charge in [0.05, 0.1) is 19.3 Å². The lowest BCUT2D eigenvalue weighted by molar-refractivity contribution is 0.337. The van der Waals surface area contributed by atoms with Crippen molar-refractivity contribution in [3.8, 4) is 17.0 Å². The first-order valence-corrected chi connectivity index (χ1v) is 11.7. The third kappa shape index (κ3) is 4.72. The molecule has 0 spiro atoms. The van der Waals surface area contributed by atoms with E-state index in [1.165, 1.54) is 60.9 Å². The maximum atomic E-state index is 6.27. The summed E-state index contributed by atoms with van der Waals surface area (Å²) in [6.07, 6.45) is 13.4. The van der Waals surface area contributed by atoms with Gasteiger partial charge in [-0.25, -0.2) is 4.98 Å². The standard InChI is InChI=1S/C25H29ClN4O/c1-31-25-24(26)12-20(14-28-25)18-7-5-17(6-8-18)13-27-22-4-2-3-19(11-22)21-15-29-30(16-21)23-9-10-23/h2-4,11-12,14-18,23,27H,5-10,13H2,1H3/t17-,18-. The molecule has 5 nitrogen and oxygen atoms in total. The third-order valence-corrected chi connectivity index (χ3v) is 6.92. The fourth-order valence-corrected chi connectivity index (χ4v) is 4.86. The van der Waals surface area contributed by atoms with Crippen LogP contribution in [0.15, 0.2) is 48.9 Å². The molecule has 0 bridgehead atoms.